The molecule has 2 N–H and O–H groups in total. The van der Waals surface area contributed by atoms with Gasteiger partial charge in [-0.25, -0.2) is 0 Å². The first-order valence-electron chi connectivity index (χ1n) is 6.04. The number of ether oxygens (including phenoxy) is 3. The Morgan fingerprint density at radius 1 is 1.35 bits per heavy atom. The van der Waals surface area contributed by atoms with Crippen LogP contribution >= 0.6 is 0 Å². The average molecular weight is 281 g/mol. The zero-order chi connectivity index (χ0) is 14.7. The fraction of sp³-hybridized carbons (Fsp3) is 0.385. The van der Waals surface area contributed by atoms with E-state index in [1.807, 2.05) is 0 Å². The van der Waals surface area contributed by atoms with E-state index in [2.05, 4.69) is 5.32 Å². The zero-order valence-electron chi connectivity index (χ0n) is 11.1. The summed E-state index contributed by atoms with van der Waals surface area (Å²) in [5.74, 6) is -0.404. The van der Waals surface area contributed by atoms with E-state index in [0.29, 0.717) is 30.5 Å². The number of carbonyl (C=O) groups excluding carboxylic acids is 1. The predicted octanol–water partition coefficient (Wildman–Crippen LogP) is 0.669. The maximum Gasteiger partial charge on any atom is 0.325 e. The average Bonchev–Trinajstić information content (AvgIpc) is 2.45. The Morgan fingerprint density at radius 2 is 2.05 bits per heavy atom. The second-order valence-corrected chi connectivity index (χ2v) is 4.24. The van der Waals surface area contributed by atoms with E-state index in [0.717, 1.165) is 0 Å². The number of methoxy groups -OCH3 is 1. The molecule has 0 saturated heterocycles. The van der Waals surface area contributed by atoms with Gasteiger partial charge in [0.1, 0.15) is 19.3 Å². The molecule has 0 aromatic heterocycles. The summed E-state index contributed by atoms with van der Waals surface area (Å²) in [7, 11) is 1.45. The summed E-state index contributed by atoms with van der Waals surface area (Å²) in [6.45, 7) is 2.17. The summed E-state index contributed by atoms with van der Waals surface area (Å²) in [6, 6.07) is 2.00. The number of aliphatic carboxylic acids is 1. The molecule has 7 nitrogen and oxygen atoms in total. The van der Waals surface area contributed by atoms with Crippen LogP contribution < -0.4 is 19.5 Å². The van der Waals surface area contributed by atoms with Crippen LogP contribution in [0.1, 0.15) is 17.3 Å². The van der Waals surface area contributed by atoms with Gasteiger partial charge in [0.05, 0.1) is 7.11 Å². The number of nitrogens with one attached hydrogen (secondary N) is 1. The Morgan fingerprint density at radius 3 is 2.70 bits per heavy atom. The van der Waals surface area contributed by atoms with Crippen LogP contribution in [0.5, 0.6) is 17.2 Å². The largest absolute Gasteiger partial charge is 0.493 e. The van der Waals surface area contributed by atoms with Crippen LogP contribution in [0.2, 0.25) is 0 Å². The molecule has 1 aromatic carbocycles. The molecule has 0 spiro atoms. The molecule has 0 unspecified atom stereocenters. The van der Waals surface area contributed by atoms with Crippen LogP contribution in [0.4, 0.5) is 0 Å². The lowest BCUT2D eigenvalue weighted by molar-refractivity contribution is -0.138. The van der Waals surface area contributed by atoms with Gasteiger partial charge >= 0.3 is 5.97 Å². The van der Waals surface area contributed by atoms with Gasteiger partial charge in [-0.3, -0.25) is 9.59 Å². The monoisotopic (exact) mass is 281 g/mol. The van der Waals surface area contributed by atoms with Crippen molar-refractivity contribution in [2.24, 2.45) is 0 Å². The number of amides is 1. The van der Waals surface area contributed by atoms with Crippen LogP contribution in [0, 0.1) is 0 Å². The highest BCUT2D eigenvalue weighted by atomic mass is 16.6. The Hall–Kier alpha value is -2.44. The highest BCUT2D eigenvalue weighted by molar-refractivity contribution is 5.97. The van der Waals surface area contributed by atoms with Crippen molar-refractivity contribution < 1.29 is 28.9 Å². The molecular weight excluding hydrogens is 266 g/mol. The Bertz CT molecular complexity index is 525. The molecule has 0 bridgehead atoms. The van der Waals surface area contributed by atoms with Crippen molar-refractivity contribution in [1.82, 2.24) is 5.32 Å². The van der Waals surface area contributed by atoms with E-state index in [1.54, 1.807) is 0 Å². The molecule has 20 heavy (non-hydrogen) atoms. The smallest absolute Gasteiger partial charge is 0.325 e. The minimum absolute atomic E-state index is 0.249. The summed E-state index contributed by atoms with van der Waals surface area (Å²) < 4.78 is 16.0. The van der Waals surface area contributed by atoms with Crippen LogP contribution in [-0.2, 0) is 4.79 Å². The first kappa shape index (κ1) is 14.0. The molecule has 1 heterocycles. The number of benzene rings is 1. The molecule has 0 fully saturated rings. The summed E-state index contributed by atoms with van der Waals surface area (Å²) in [5.41, 5.74) is 0.249. The van der Waals surface area contributed by atoms with Gasteiger partial charge in [-0.1, -0.05) is 0 Å². The number of fused-ring (bicyclic) bond motifs is 1. The van der Waals surface area contributed by atoms with Crippen LogP contribution in [0.15, 0.2) is 12.1 Å². The van der Waals surface area contributed by atoms with Crippen LogP contribution in [0.3, 0.4) is 0 Å². The summed E-state index contributed by atoms with van der Waals surface area (Å²) in [4.78, 5) is 22.7. The van der Waals surface area contributed by atoms with E-state index in [1.165, 1.54) is 26.2 Å². The fourth-order valence-electron chi connectivity index (χ4n) is 1.75. The Kier molecular flexibility index (Phi) is 3.97. The topological polar surface area (TPSA) is 94.1 Å². The molecule has 1 amide bonds. The first-order valence-corrected chi connectivity index (χ1v) is 6.04. The predicted molar refractivity (Wildman–Crippen MR) is 68.5 cm³/mol. The molecule has 1 aliphatic heterocycles. The van der Waals surface area contributed by atoms with Gasteiger partial charge in [-0.05, 0) is 19.1 Å². The molecule has 1 atom stereocenters. The lowest BCUT2D eigenvalue weighted by Gasteiger charge is -2.21. The number of carbonyl (C=O) groups is 2. The molecule has 1 aliphatic rings. The number of carboxylic acid groups (broad SMARTS) is 1. The van der Waals surface area contributed by atoms with Crippen molar-refractivity contribution in [1.29, 1.82) is 0 Å². The van der Waals surface area contributed by atoms with Gasteiger partial charge < -0.3 is 24.6 Å². The maximum absolute atomic E-state index is 12.0. The van der Waals surface area contributed by atoms with Crippen molar-refractivity contribution in [3.05, 3.63) is 17.7 Å². The van der Waals surface area contributed by atoms with Gasteiger partial charge in [0.15, 0.2) is 11.5 Å². The zero-order valence-corrected chi connectivity index (χ0v) is 11.1. The molecule has 108 valence electrons. The lowest BCUT2D eigenvalue weighted by Crippen LogP contribution is -2.38. The third kappa shape index (κ3) is 2.76. The lowest BCUT2D eigenvalue weighted by atomic mass is 10.1. The quantitative estimate of drug-likeness (QED) is 0.842. The van der Waals surface area contributed by atoms with Gasteiger partial charge in [-0.15, -0.1) is 0 Å². The molecule has 7 heteroatoms. The van der Waals surface area contributed by atoms with E-state index < -0.39 is 17.9 Å². The van der Waals surface area contributed by atoms with E-state index >= 15 is 0 Å². The second kappa shape index (κ2) is 5.68. The Labute approximate surface area is 115 Å². The van der Waals surface area contributed by atoms with Crippen molar-refractivity contribution in [2.75, 3.05) is 20.3 Å². The maximum atomic E-state index is 12.0. The van der Waals surface area contributed by atoms with Gasteiger partial charge in [-0.2, -0.15) is 0 Å². The van der Waals surface area contributed by atoms with Crippen molar-refractivity contribution in [2.45, 2.75) is 13.0 Å². The molecule has 1 aromatic rings. The first-order chi connectivity index (χ1) is 9.52. The van der Waals surface area contributed by atoms with Gasteiger partial charge in [0.2, 0.25) is 5.75 Å². The van der Waals surface area contributed by atoms with Crippen LogP contribution in [0.25, 0.3) is 0 Å². The minimum Gasteiger partial charge on any atom is -0.493 e. The standard InChI is InChI=1S/C13H15NO6/c1-7(13(16)17)14-12(15)8-5-9(18-2)11-10(6-8)19-3-4-20-11/h5-7H,3-4H2,1-2H3,(H,14,15)(H,16,17)/t7-/m1/s1. The van der Waals surface area contributed by atoms with Crippen molar-refractivity contribution in [3.8, 4) is 17.2 Å². The number of rotatable bonds is 4. The molecule has 0 saturated carbocycles. The third-order valence-electron chi connectivity index (χ3n) is 2.81. The highest BCUT2D eigenvalue weighted by Crippen LogP contribution is 2.40. The van der Waals surface area contributed by atoms with E-state index in [-0.39, 0.29) is 5.56 Å². The highest BCUT2D eigenvalue weighted by Gasteiger charge is 2.22. The molecule has 2 rings (SSSR count). The minimum atomic E-state index is -1.11. The summed E-state index contributed by atoms with van der Waals surface area (Å²) in [6.07, 6.45) is 0. The number of hydrogen-bond acceptors (Lipinski definition) is 5. The Balaban J connectivity index is 2.28. The SMILES string of the molecule is COc1cc(C(=O)N[C@H](C)C(=O)O)cc2c1OCCO2. The molecular formula is C13H15NO6. The van der Waals surface area contributed by atoms with Gasteiger partial charge in [0.25, 0.3) is 5.91 Å². The van der Waals surface area contributed by atoms with Gasteiger partial charge in [0, 0.05) is 5.56 Å². The summed E-state index contributed by atoms with van der Waals surface area (Å²) in [5, 5.41) is 11.1. The fourth-order valence-corrected chi connectivity index (χ4v) is 1.75. The van der Waals surface area contributed by atoms with E-state index in [9.17, 15) is 9.59 Å². The number of hydrogen-bond donors (Lipinski definition) is 2. The molecule has 0 aliphatic carbocycles. The normalized spacial score (nSPS) is 14.3. The van der Waals surface area contributed by atoms with Crippen LogP contribution in [-0.4, -0.2) is 43.3 Å². The third-order valence-corrected chi connectivity index (χ3v) is 2.81. The van der Waals surface area contributed by atoms with Crippen molar-refractivity contribution in [3.63, 3.8) is 0 Å². The second-order valence-electron chi connectivity index (χ2n) is 4.24. The summed E-state index contributed by atoms with van der Waals surface area (Å²) >= 11 is 0. The number of carboxylic acids is 1. The van der Waals surface area contributed by atoms with Crippen molar-refractivity contribution >= 4 is 11.9 Å². The molecule has 0 radical (unpaired) electrons. The van der Waals surface area contributed by atoms with E-state index in [4.69, 9.17) is 19.3 Å².